The van der Waals surface area contributed by atoms with E-state index < -0.39 is 0 Å². The van der Waals surface area contributed by atoms with E-state index in [2.05, 4.69) is 6.92 Å². The largest absolute Gasteiger partial charge is 0.504 e. The van der Waals surface area contributed by atoms with Crippen LogP contribution >= 0.6 is 0 Å². The number of unbranched alkanes of at least 4 members (excludes halogenated alkanes) is 1. The maximum Gasteiger partial charge on any atom is 0.211 e. The first-order valence-corrected chi connectivity index (χ1v) is 9.01. The highest BCUT2D eigenvalue weighted by atomic mass is 16.5. The Morgan fingerprint density at radius 1 is 0.926 bits per heavy atom. The van der Waals surface area contributed by atoms with Crippen molar-refractivity contribution in [3.63, 3.8) is 0 Å². The number of aryl methyl sites for hydroxylation is 1. The zero-order chi connectivity index (χ0) is 19.2. The van der Waals surface area contributed by atoms with Gasteiger partial charge >= 0.3 is 0 Å². The van der Waals surface area contributed by atoms with Crippen LogP contribution in [0.1, 0.15) is 41.3 Å². The predicted molar refractivity (Wildman–Crippen MR) is 105 cm³/mol. The van der Waals surface area contributed by atoms with Crippen molar-refractivity contribution in [3.05, 3.63) is 83.4 Å². The molecule has 3 aromatic carbocycles. The van der Waals surface area contributed by atoms with E-state index in [9.17, 15) is 15.0 Å². The summed E-state index contributed by atoms with van der Waals surface area (Å²) in [7, 11) is 0. The molecule has 0 unspecified atom stereocenters. The molecule has 138 valence electrons. The van der Waals surface area contributed by atoms with E-state index in [1.807, 2.05) is 18.2 Å². The normalized spacial score (nSPS) is 10.6. The second-order valence-electron chi connectivity index (χ2n) is 6.35. The summed E-state index contributed by atoms with van der Waals surface area (Å²) >= 11 is 0. The fourth-order valence-corrected chi connectivity index (χ4v) is 2.81. The fourth-order valence-electron chi connectivity index (χ4n) is 2.81. The van der Waals surface area contributed by atoms with Gasteiger partial charge in [-0.2, -0.15) is 0 Å². The summed E-state index contributed by atoms with van der Waals surface area (Å²) < 4.78 is 5.67. The Labute approximate surface area is 158 Å². The third-order valence-electron chi connectivity index (χ3n) is 4.35. The molecule has 3 aromatic rings. The minimum Gasteiger partial charge on any atom is -0.504 e. The third-order valence-corrected chi connectivity index (χ3v) is 4.35. The number of carbonyl (C=O) groups is 1. The lowest BCUT2D eigenvalue weighted by Gasteiger charge is -2.13. The van der Waals surface area contributed by atoms with Crippen LogP contribution < -0.4 is 4.74 Å². The molecule has 4 heteroatoms. The molecule has 0 fully saturated rings. The van der Waals surface area contributed by atoms with Crippen molar-refractivity contribution < 1.29 is 19.7 Å². The fraction of sp³-hybridized carbons (Fsp3) is 0.174. The van der Waals surface area contributed by atoms with Crippen LogP contribution in [0.3, 0.4) is 0 Å². The molecule has 0 radical (unpaired) electrons. The first-order valence-electron chi connectivity index (χ1n) is 9.01. The molecule has 27 heavy (non-hydrogen) atoms. The Morgan fingerprint density at radius 2 is 1.63 bits per heavy atom. The Bertz CT molecular complexity index is 915. The molecule has 0 saturated heterocycles. The van der Waals surface area contributed by atoms with Gasteiger partial charge in [0.2, 0.25) is 5.75 Å². The minimum atomic E-state index is -0.376. The maximum atomic E-state index is 12.6. The van der Waals surface area contributed by atoms with E-state index in [-0.39, 0.29) is 28.6 Å². The van der Waals surface area contributed by atoms with Crippen LogP contribution in [0.5, 0.6) is 23.0 Å². The number of rotatable bonds is 7. The maximum absolute atomic E-state index is 12.6. The zero-order valence-electron chi connectivity index (χ0n) is 15.2. The van der Waals surface area contributed by atoms with Gasteiger partial charge in [-0.1, -0.05) is 55.8 Å². The molecule has 0 aliphatic carbocycles. The van der Waals surface area contributed by atoms with Crippen molar-refractivity contribution in [2.75, 3.05) is 0 Å². The lowest BCUT2D eigenvalue weighted by Crippen LogP contribution is -2.02. The number of aromatic hydroxyl groups is 2. The van der Waals surface area contributed by atoms with Crippen LogP contribution in [0.4, 0.5) is 0 Å². The van der Waals surface area contributed by atoms with Crippen LogP contribution in [0.2, 0.25) is 0 Å². The summed E-state index contributed by atoms with van der Waals surface area (Å²) in [5.41, 5.74) is 1.73. The molecule has 0 aromatic heterocycles. The third kappa shape index (κ3) is 4.29. The van der Waals surface area contributed by atoms with Gasteiger partial charge in [-0.25, -0.2) is 0 Å². The summed E-state index contributed by atoms with van der Waals surface area (Å²) in [5.74, 6) is -0.595. The van der Waals surface area contributed by atoms with E-state index in [1.165, 1.54) is 17.7 Å². The average Bonchev–Trinajstić information content (AvgIpc) is 2.70. The molecule has 0 heterocycles. The monoisotopic (exact) mass is 362 g/mol. The van der Waals surface area contributed by atoms with Crippen LogP contribution in [0, 0.1) is 0 Å². The lowest BCUT2D eigenvalue weighted by atomic mass is 10.0. The van der Waals surface area contributed by atoms with Gasteiger partial charge in [0.1, 0.15) is 5.75 Å². The van der Waals surface area contributed by atoms with E-state index in [1.54, 1.807) is 36.4 Å². The van der Waals surface area contributed by atoms with Crippen molar-refractivity contribution in [2.24, 2.45) is 0 Å². The molecular weight excluding hydrogens is 340 g/mol. The highest BCUT2D eigenvalue weighted by Crippen LogP contribution is 2.42. The summed E-state index contributed by atoms with van der Waals surface area (Å²) in [6.07, 6.45) is 3.24. The van der Waals surface area contributed by atoms with Crippen molar-refractivity contribution in [2.45, 2.75) is 26.2 Å². The Kier molecular flexibility index (Phi) is 5.77. The van der Waals surface area contributed by atoms with Gasteiger partial charge in [-0.15, -0.1) is 0 Å². The predicted octanol–water partition coefficient (Wildman–Crippen LogP) is 5.46. The minimum absolute atomic E-state index is 0.0774. The van der Waals surface area contributed by atoms with Crippen molar-refractivity contribution in [1.29, 1.82) is 0 Å². The number of hydrogen-bond donors (Lipinski definition) is 2. The molecule has 0 aliphatic heterocycles. The highest BCUT2D eigenvalue weighted by molar-refractivity contribution is 6.11. The second kappa shape index (κ2) is 8.41. The number of phenolic OH excluding ortho intramolecular Hbond substituents is 2. The van der Waals surface area contributed by atoms with E-state index in [0.717, 1.165) is 19.3 Å². The Morgan fingerprint density at radius 3 is 2.30 bits per heavy atom. The van der Waals surface area contributed by atoms with Gasteiger partial charge < -0.3 is 14.9 Å². The van der Waals surface area contributed by atoms with Crippen LogP contribution in [0.25, 0.3) is 0 Å². The summed E-state index contributed by atoms with van der Waals surface area (Å²) in [6, 6.07) is 18.9. The zero-order valence-corrected chi connectivity index (χ0v) is 15.2. The molecule has 0 spiro atoms. The number of benzene rings is 3. The number of carbonyl (C=O) groups excluding carboxylic acids is 1. The molecule has 2 N–H and O–H groups in total. The van der Waals surface area contributed by atoms with Crippen LogP contribution in [-0.4, -0.2) is 16.0 Å². The lowest BCUT2D eigenvalue weighted by molar-refractivity contribution is 0.103. The summed E-state index contributed by atoms with van der Waals surface area (Å²) in [6.45, 7) is 2.15. The van der Waals surface area contributed by atoms with Crippen molar-refractivity contribution in [1.82, 2.24) is 0 Å². The smallest absolute Gasteiger partial charge is 0.211 e. The van der Waals surface area contributed by atoms with Gasteiger partial charge in [0, 0.05) is 5.56 Å². The number of ketones is 1. The van der Waals surface area contributed by atoms with Gasteiger partial charge in [0.15, 0.2) is 17.3 Å². The van der Waals surface area contributed by atoms with Crippen LogP contribution in [-0.2, 0) is 6.42 Å². The first-order chi connectivity index (χ1) is 13.1. The highest BCUT2D eigenvalue weighted by Gasteiger charge is 2.20. The molecule has 0 aliphatic rings. The number of phenols is 2. The SMILES string of the molecule is CCCCc1ccc(Oc2c(O)ccc(C(=O)c3ccccc3)c2O)cc1. The van der Waals surface area contributed by atoms with E-state index in [0.29, 0.717) is 11.3 Å². The summed E-state index contributed by atoms with van der Waals surface area (Å²) in [4.78, 5) is 12.6. The van der Waals surface area contributed by atoms with Gasteiger partial charge in [-0.3, -0.25) is 4.79 Å². The average molecular weight is 362 g/mol. The Hall–Kier alpha value is -3.27. The van der Waals surface area contributed by atoms with Crippen LogP contribution in [0.15, 0.2) is 66.7 Å². The van der Waals surface area contributed by atoms with Gasteiger partial charge in [-0.05, 0) is 42.7 Å². The van der Waals surface area contributed by atoms with Gasteiger partial charge in [0.25, 0.3) is 0 Å². The topological polar surface area (TPSA) is 66.8 Å². The van der Waals surface area contributed by atoms with Crippen molar-refractivity contribution >= 4 is 5.78 Å². The molecule has 0 amide bonds. The van der Waals surface area contributed by atoms with E-state index in [4.69, 9.17) is 4.74 Å². The molecule has 0 atom stereocenters. The second-order valence-corrected chi connectivity index (χ2v) is 6.35. The molecular formula is C23H22O4. The van der Waals surface area contributed by atoms with Gasteiger partial charge in [0.05, 0.1) is 5.56 Å². The quantitative estimate of drug-likeness (QED) is 0.547. The number of ether oxygens (including phenoxy) is 1. The summed E-state index contributed by atoms with van der Waals surface area (Å²) in [5, 5.41) is 20.6. The first kappa shape index (κ1) is 18.5. The molecule has 0 saturated carbocycles. The molecule has 3 rings (SSSR count). The number of hydrogen-bond acceptors (Lipinski definition) is 4. The molecule has 0 bridgehead atoms. The standard InChI is InChI=1S/C23H22O4/c1-2-3-7-16-10-12-18(13-11-16)27-23-20(24)15-14-19(22(23)26)21(25)17-8-5-4-6-9-17/h4-6,8-15,24,26H,2-3,7H2,1H3. The Balaban J connectivity index is 1.86. The van der Waals surface area contributed by atoms with Crippen molar-refractivity contribution in [3.8, 4) is 23.0 Å². The molecule has 4 nitrogen and oxygen atoms in total. The van der Waals surface area contributed by atoms with E-state index >= 15 is 0 Å².